The third-order valence-corrected chi connectivity index (χ3v) is 3.61. The molecule has 0 fully saturated rings. The van der Waals surface area contributed by atoms with Gasteiger partial charge in [0, 0.05) is 0 Å². The Kier molecular flexibility index (Phi) is 6.58. The highest BCUT2D eigenvalue weighted by Gasteiger charge is 2.09. The van der Waals surface area contributed by atoms with Crippen LogP contribution in [-0.4, -0.2) is 0 Å². The van der Waals surface area contributed by atoms with E-state index >= 15 is 0 Å². The highest BCUT2D eigenvalue weighted by Crippen LogP contribution is 2.28. The molecule has 2 heteroatoms. The quantitative estimate of drug-likeness (QED) is 0.630. The van der Waals surface area contributed by atoms with Gasteiger partial charge in [-0.3, -0.25) is 0 Å². The normalized spacial score (nSPS) is 10.6. The van der Waals surface area contributed by atoms with Gasteiger partial charge in [0.25, 0.3) is 0 Å². The topological polar surface area (TPSA) is 9.23 Å². The van der Waals surface area contributed by atoms with Gasteiger partial charge in [0.1, 0.15) is 5.75 Å². The zero-order valence-electron chi connectivity index (χ0n) is 11.4. The number of hydrogen-bond acceptors (Lipinski definition) is 1. The molecule has 0 heterocycles. The largest absolute Gasteiger partial charge is 0.480 e. The summed E-state index contributed by atoms with van der Waals surface area (Å²) < 4.78 is 5.34. The first-order chi connectivity index (χ1) is 8.24. The average molecular weight is 252 g/mol. The fourth-order valence-corrected chi connectivity index (χ4v) is 2.48. The molecule has 0 aliphatic heterocycles. The Bertz CT molecular complexity index is 347. The van der Waals surface area contributed by atoms with Crippen molar-refractivity contribution in [3.63, 3.8) is 0 Å². The Morgan fingerprint density at radius 2 is 1.71 bits per heavy atom. The third kappa shape index (κ3) is 4.00. The van der Waals surface area contributed by atoms with Gasteiger partial charge in [-0.05, 0) is 55.4 Å². The zero-order valence-corrected chi connectivity index (χ0v) is 12.5. The van der Waals surface area contributed by atoms with Gasteiger partial charge in [-0.25, -0.2) is 0 Å². The molecule has 1 aromatic carbocycles. The molecule has 0 radical (unpaired) electrons. The van der Waals surface area contributed by atoms with Crippen LogP contribution in [0.4, 0.5) is 0 Å². The van der Waals surface area contributed by atoms with Gasteiger partial charge in [0.2, 0.25) is 0 Å². The predicted molar refractivity (Wildman–Crippen MR) is 78.7 cm³/mol. The smallest absolute Gasteiger partial charge is 0.125 e. The van der Waals surface area contributed by atoms with Gasteiger partial charge in [-0.15, -0.1) is 0 Å². The summed E-state index contributed by atoms with van der Waals surface area (Å²) in [7, 11) is 2.35. The SMILES string of the molecule is CCCCc1ccc(OP)c(C)c1CCCC. The second kappa shape index (κ2) is 7.71. The molecule has 1 unspecified atom stereocenters. The van der Waals surface area contributed by atoms with Gasteiger partial charge >= 0.3 is 0 Å². The van der Waals surface area contributed by atoms with Crippen LogP contribution in [0.1, 0.15) is 56.2 Å². The number of rotatable bonds is 7. The van der Waals surface area contributed by atoms with E-state index in [0.717, 1.165) is 5.75 Å². The second-order valence-electron chi connectivity index (χ2n) is 4.65. The van der Waals surface area contributed by atoms with Crippen molar-refractivity contribution in [2.45, 2.75) is 59.3 Å². The van der Waals surface area contributed by atoms with Crippen LogP contribution in [0.25, 0.3) is 0 Å². The minimum Gasteiger partial charge on any atom is -0.480 e. The van der Waals surface area contributed by atoms with E-state index in [1.807, 2.05) is 0 Å². The molecule has 1 rings (SSSR count). The number of unbranched alkanes of at least 4 members (excludes halogenated alkanes) is 2. The lowest BCUT2D eigenvalue weighted by Crippen LogP contribution is -1.99. The molecule has 0 saturated carbocycles. The zero-order chi connectivity index (χ0) is 12.7. The van der Waals surface area contributed by atoms with E-state index in [9.17, 15) is 0 Å². The molecule has 1 aromatic rings. The summed E-state index contributed by atoms with van der Waals surface area (Å²) in [5.41, 5.74) is 4.35. The van der Waals surface area contributed by atoms with Crippen molar-refractivity contribution in [3.05, 3.63) is 28.8 Å². The first kappa shape index (κ1) is 14.5. The van der Waals surface area contributed by atoms with E-state index in [-0.39, 0.29) is 0 Å². The Hall–Kier alpha value is -0.550. The van der Waals surface area contributed by atoms with E-state index in [0.29, 0.717) is 0 Å². The number of aryl methyl sites for hydroxylation is 1. The van der Waals surface area contributed by atoms with Crippen molar-refractivity contribution in [2.24, 2.45) is 0 Å². The van der Waals surface area contributed by atoms with E-state index in [1.165, 1.54) is 55.2 Å². The van der Waals surface area contributed by atoms with Crippen molar-refractivity contribution in [1.82, 2.24) is 0 Å². The Morgan fingerprint density at radius 3 is 2.29 bits per heavy atom. The van der Waals surface area contributed by atoms with Gasteiger partial charge in [0.05, 0.1) is 9.47 Å². The van der Waals surface area contributed by atoms with Crippen molar-refractivity contribution in [3.8, 4) is 5.75 Å². The van der Waals surface area contributed by atoms with Gasteiger partial charge in [-0.2, -0.15) is 0 Å². The molecule has 0 spiro atoms. The summed E-state index contributed by atoms with van der Waals surface area (Å²) in [6, 6.07) is 4.34. The molecule has 0 aliphatic rings. The van der Waals surface area contributed by atoms with Crippen molar-refractivity contribution in [1.29, 1.82) is 0 Å². The summed E-state index contributed by atoms with van der Waals surface area (Å²) in [5.74, 6) is 1.00. The van der Waals surface area contributed by atoms with Crippen molar-refractivity contribution >= 4 is 9.47 Å². The summed E-state index contributed by atoms with van der Waals surface area (Å²) in [6.45, 7) is 6.68. The van der Waals surface area contributed by atoms with Crippen LogP contribution < -0.4 is 4.52 Å². The summed E-state index contributed by atoms with van der Waals surface area (Å²) in [6.07, 6.45) is 7.43. The summed E-state index contributed by atoms with van der Waals surface area (Å²) >= 11 is 0. The molecule has 1 nitrogen and oxygen atoms in total. The van der Waals surface area contributed by atoms with Gasteiger partial charge in [0.15, 0.2) is 0 Å². The number of benzene rings is 1. The molecule has 0 aromatic heterocycles. The molecule has 0 aliphatic carbocycles. The average Bonchev–Trinajstić information content (AvgIpc) is 2.35. The van der Waals surface area contributed by atoms with E-state index < -0.39 is 0 Å². The summed E-state index contributed by atoms with van der Waals surface area (Å²) in [4.78, 5) is 0. The Morgan fingerprint density at radius 1 is 1.06 bits per heavy atom. The standard InChI is InChI=1S/C15H25OP/c1-4-6-8-13-10-11-15(16-17)12(3)14(13)9-7-5-2/h10-11H,4-9,17H2,1-3H3. The molecular formula is C15H25OP. The van der Waals surface area contributed by atoms with Crippen LogP contribution >= 0.6 is 9.47 Å². The van der Waals surface area contributed by atoms with E-state index in [1.54, 1.807) is 0 Å². The highest BCUT2D eigenvalue weighted by molar-refractivity contribution is 7.10. The minimum atomic E-state index is 1.00. The molecule has 0 amide bonds. The molecule has 0 N–H and O–H groups in total. The number of hydrogen-bond donors (Lipinski definition) is 0. The maximum atomic E-state index is 5.34. The summed E-state index contributed by atoms with van der Waals surface area (Å²) in [5, 5.41) is 0. The van der Waals surface area contributed by atoms with Crippen molar-refractivity contribution in [2.75, 3.05) is 0 Å². The van der Waals surface area contributed by atoms with Crippen LogP contribution in [0.15, 0.2) is 12.1 Å². The lowest BCUT2D eigenvalue weighted by molar-refractivity contribution is 0.633. The van der Waals surface area contributed by atoms with Crippen LogP contribution in [0.5, 0.6) is 5.75 Å². The predicted octanol–water partition coefficient (Wildman–Crippen LogP) is 4.85. The van der Waals surface area contributed by atoms with Gasteiger partial charge in [-0.1, -0.05) is 32.8 Å². The fourth-order valence-electron chi connectivity index (χ4n) is 2.22. The van der Waals surface area contributed by atoms with E-state index in [2.05, 4.69) is 42.4 Å². The molecule has 0 bridgehead atoms. The van der Waals surface area contributed by atoms with Crippen molar-refractivity contribution < 1.29 is 4.52 Å². The van der Waals surface area contributed by atoms with E-state index in [4.69, 9.17) is 4.52 Å². The van der Waals surface area contributed by atoms with Crippen LogP contribution in [0.3, 0.4) is 0 Å². The maximum Gasteiger partial charge on any atom is 0.125 e. The van der Waals surface area contributed by atoms with Crippen LogP contribution in [-0.2, 0) is 12.8 Å². The van der Waals surface area contributed by atoms with Gasteiger partial charge < -0.3 is 4.52 Å². The second-order valence-corrected chi connectivity index (χ2v) is 4.89. The highest BCUT2D eigenvalue weighted by atomic mass is 31.0. The molecule has 1 atom stereocenters. The molecule has 17 heavy (non-hydrogen) atoms. The molecule has 0 saturated heterocycles. The Labute approximate surface area is 108 Å². The Balaban J connectivity index is 2.97. The lowest BCUT2D eigenvalue weighted by Gasteiger charge is -2.15. The maximum absolute atomic E-state index is 5.34. The molecule has 96 valence electrons. The first-order valence-corrected chi connectivity index (χ1v) is 7.19. The van der Waals surface area contributed by atoms with Crippen LogP contribution in [0, 0.1) is 6.92 Å². The monoisotopic (exact) mass is 252 g/mol. The lowest BCUT2D eigenvalue weighted by atomic mass is 9.93. The minimum absolute atomic E-state index is 1.00. The van der Waals surface area contributed by atoms with Crippen LogP contribution in [0.2, 0.25) is 0 Å². The first-order valence-electron chi connectivity index (χ1n) is 6.72. The fraction of sp³-hybridized carbons (Fsp3) is 0.600. The molecular weight excluding hydrogens is 227 g/mol. The third-order valence-electron chi connectivity index (χ3n) is 3.35.